The fourth-order valence-electron chi connectivity index (χ4n) is 6.09. The van der Waals surface area contributed by atoms with Gasteiger partial charge in [0.15, 0.2) is 0 Å². The number of carbonyl (C=O) groups is 2. The van der Waals surface area contributed by atoms with Crippen LogP contribution in [-0.2, 0) is 19.1 Å². The highest BCUT2D eigenvalue weighted by Gasteiger charge is 2.65. The van der Waals surface area contributed by atoms with Crippen molar-refractivity contribution in [3.63, 3.8) is 0 Å². The lowest BCUT2D eigenvalue weighted by Gasteiger charge is -2.58. The summed E-state index contributed by atoms with van der Waals surface area (Å²) in [7, 11) is 0. The molecule has 0 bridgehead atoms. The third-order valence-corrected chi connectivity index (χ3v) is 7.24. The molecule has 5 heteroatoms. The molecule has 1 aromatic heterocycles. The van der Waals surface area contributed by atoms with Gasteiger partial charge in [0, 0.05) is 16.6 Å². The molecule has 3 fully saturated rings. The van der Waals surface area contributed by atoms with Crippen LogP contribution in [0.5, 0.6) is 0 Å². The van der Waals surface area contributed by atoms with Gasteiger partial charge < -0.3 is 13.9 Å². The monoisotopic (exact) mass is 342 g/mol. The molecule has 5 rings (SSSR count). The fraction of sp³-hybridized carbons (Fsp3) is 0.600. The van der Waals surface area contributed by atoms with Crippen LogP contribution in [0.1, 0.15) is 50.7 Å². The van der Waals surface area contributed by atoms with E-state index in [1.54, 1.807) is 12.5 Å². The molecule has 2 saturated heterocycles. The Morgan fingerprint density at radius 3 is 2.92 bits per heavy atom. The van der Waals surface area contributed by atoms with Crippen molar-refractivity contribution in [3.8, 4) is 0 Å². The molecule has 0 radical (unpaired) electrons. The van der Waals surface area contributed by atoms with Crippen molar-refractivity contribution in [2.45, 2.75) is 45.1 Å². The van der Waals surface area contributed by atoms with Crippen molar-refractivity contribution in [3.05, 3.63) is 35.8 Å². The van der Waals surface area contributed by atoms with E-state index in [1.807, 2.05) is 6.07 Å². The van der Waals surface area contributed by atoms with E-state index in [0.29, 0.717) is 6.61 Å². The zero-order valence-electron chi connectivity index (χ0n) is 14.3. The molecule has 0 N–H and O–H groups in total. The van der Waals surface area contributed by atoms with Crippen molar-refractivity contribution in [2.75, 3.05) is 6.61 Å². The Bertz CT molecular complexity index is 763. The zero-order chi connectivity index (χ0) is 17.2. The van der Waals surface area contributed by atoms with Crippen LogP contribution < -0.4 is 0 Å². The Morgan fingerprint density at radius 1 is 1.24 bits per heavy atom. The third kappa shape index (κ3) is 1.89. The summed E-state index contributed by atoms with van der Waals surface area (Å²) in [6.07, 6.45) is 9.33. The van der Waals surface area contributed by atoms with E-state index in [9.17, 15) is 9.59 Å². The van der Waals surface area contributed by atoms with Crippen molar-refractivity contribution in [2.24, 2.45) is 22.7 Å². The minimum atomic E-state index is -0.268. The Morgan fingerprint density at radius 2 is 2.12 bits per heavy atom. The van der Waals surface area contributed by atoms with Crippen LogP contribution in [0.4, 0.5) is 0 Å². The normalized spacial score (nSPS) is 42.6. The predicted octanol–water partition coefficient (Wildman–Crippen LogP) is 3.56. The molecular formula is C20H22O5. The lowest BCUT2D eigenvalue weighted by atomic mass is 9.46. The van der Waals surface area contributed by atoms with Crippen molar-refractivity contribution in [1.82, 2.24) is 0 Å². The van der Waals surface area contributed by atoms with Gasteiger partial charge >= 0.3 is 11.9 Å². The van der Waals surface area contributed by atoms with Crippen LogP contribution in [0.2, 0.25) is 0 Å². The summed E-state index contributed by atoms with van der Waals surface area (Å²) in [4.78, 5) is 25.0. The smallest absolute Gasteiger partial charge is 0.334 e. The Labute approximate surface area is 146 Å². The molecule has 1 saturated carbocycles. The van der Waals surface area contributed by atoms with E-state index in [0.717, 1.165) is 43.2 Å². The second kappa shape index (κ2) is 4.99. The molecule has 5 atom stereocenters. The highest BCUT2D eigenvalue weighted by molar-refractivity contribution is 5.93. The minimum Gasteiger partial charge on any atom is -0.472 e. The number of esters is 2. The summed E-state index contributed by atoms with van der Waals surface area (Å²) in [5.41, 5.74) is 1.38. The lowest BCUT2D eigenvalue weighted by molar-refractivity contribution is -0.192. The average molecular weight is 342 g/mol. The van der Waals surface area contributed by atoms with E-state index in [4.69, 9.17) is 13.9 Å². The largest absolute Gasteiger partial charge is 0.472 e. The summed E-state index contributed by atoms with van der Waals surface area (Å²) < 4.78 is 16.4. The Balaban J connectivity index is 1.57. The molecule has 4 aliphatic rings. The molecule has 1 spiro atoms. The molecule has 132 valence electrons. The number of hydrogen-bond donors (Lipinski definition) is 0. The Kier molecular flexibility index (Phi) is 3.04. The average Bonchev–Trinajstić information content (AvgIpc) is 3.23. The number of cyclic esters (lactones) is 2. The van der Waals surface area contributed by atoms with E-state index < -0.39 is 0 Å². The highest BCUT2D eigenvalue weighted by Crippen LogP contribution is 2.66. The summed E-state index contributed by atoms with van der Waals surface area (Å²) in [6.45, 7) is 2.69. The second-order valence-electron chi connectivity index (χ2n) is 8.26. The van der Waals surface area contributed by atoms with Crippen molar-refractivity contribution in [1.29, 1.82) is 0 Å². The van der Waals surface area contributed by atoms with E-state index in [1.165, 1.54) is 0 Å². The topological polar surface area (TPSA) is 65.7 Å². The molecule has 0 aromatic carbocycles. The van der Waals surface area contributed by atoms with E-state index >= 15 is 0 Å². The molecule has 2 aliphatic carbocycles. The van der Waals surface area contributed by atoms with Crippen LogP contribution in [0.15, 0.2) is 34.7 Å². The predicted molar refractivity (Wildman–Crippen MR) is 87.2 cm³/mol. The number of hydrogen-bond acceptors (Lipinski definition) is 5. The number of allylic oxidation sites excluding steroid dienone is 1. The molecule has 0 unspecified atom stereocenters. The molecule has 0 amide bonds. The number of rotatable bonds is 1. The molecular weight excluding hydrogens is 320 g/mol. The fourth-order valence-corrected chi connectivity index (χ4v) is 6.09. The zero-order valence-corrected chi connectivity index (χ0v) is 14.3. The number of carbonyl (C=O) groups excluding carboxylic acids is 2. The van der Waals surface area contributed by atoms with Crippen LogP contribution in [0.25, 0.3) is 0 Å². The van der Waals surface area contributed by atoms with Gasteiger partial charge in [0.05, 0.1) is 18.4 Å². The summed E-state index contributed by atoms with van der Waals surface area (Å²) in [6, 6.07) is 1.87. The van der Waals surface area contributed by atoms with Gasteiger partial charge in [-0.05, 0) is 49.5 Å². The molecule has 2 aliphatic heterocycles. The van der Waals surface area contributed by atoms with Crippen LogP contribution in [-0.4, -0.2) is 18.5 Å². The van der Waals surface area contributed by atoms with Gasteiger partial charge in [-0.2, -0.15) is 0 Å². The van der Waals surface area contributed by atoms with Gasteiger partial charge in [0.25, 0.3) is 0 Å². The first-order valence-electron chi connectivity index (χ1n) is 9.15. The van der Waals surface area contributed by atoms with Gasteiger partial charge in [-0.25, -0.2) is 4.79 Å². The second-order valence-corrected chi connectivity index (χ2v) is 8.26. The van der Waals surface area contributed by atoms with Gasteiger partial charge in [0.2, 0.25) is 0 Å². The van der Waals surface area contributed by atoms with Crippen molar-refractivity contribution < 1.29 is 23.5 Å². The van der Waals surface area contributed by atoms with E-state index in [-0.39, 0.29) is 40.7 Å². The van der Waals surface area contributed by atoms with Gasteiger partial charge in [-0.15, -0.1) is 0 Å². The SMILES string of the molecule is C[C@]12C[C@H](c3ccoc3)OC(=O)[C@@H]1CC[C@@]13COC(=O)C1=CCC[C@H]32. The molecule has 5 nitrogen and oxygen atoms in total. The van der Waals surface area contributed by atoms with Crippen LogP contribution in [0.3, 0.4) is 0 Å². The van der Waals surface area contributed by atoms with Gasteiger partial charge in [0.1, 0.15) is 12.7 Å². The minimum absolute atomic E-state index is 0.0960. The third-order valence-electron chi connectivity index (χ3n) is 7.24. The molecule has 25 heavy (non-hydrogen) atoms. The lowest BCUT2D eigenvalue weighted by Crippen LogP contribution is -2.57. The Hall–Kier alpha value is -2.04. The number of fused-ring (bicyclic) bond motifs is 2. The first-order valence-corrected chi connectivity index (χ1v) is 9.15. The highest BCUT2D eigenvalue weighted by atomic mass is 16.5. The van der Waals surface area contributed by atoms with Crippen LogP contribution >= 0.6 is 0 Å². The summed E-state index contributed by atoms with van der Waals surface area (Å²) in [5.74, 6) is -0.0820. The summed E-state index contributed by atoms with van der Waals surface area (Å²) >= 11 is 0. The maximum Gasteiger partial charge on any atom is 0.334 e. The molecule has 3 heterocycles. The van der Waals surface area contributed by atoms with E-state index in [2.05, 4.69) is 13.0 Å². The van der Waals surface area contributed by atoms with Crippen molar-refractivity contribution >= 4 is 11.9 Å². The standard InChI is InChI=1S/C20H22O5/c1-19-9-15(12-6-8-23-10-12)25-18(22)13(19)5-7-20-11-24-17(21)14(20)3-2-4-16(19)20/h3,6,8,10,13,15-16H,2,4-5,7,9,11H2,1H3/t13-,15+,16-,19-,20+/m0/s1. The van der Waals surface area contributed by atoms with Gasteiger partial charge in [-0.3, -0.25) is 4.79 Å². The number of furan rings is 1. The maximum absolute atomic E-state index is 12.8. The van der Waals surface area contributed by atoms with Crippen LogP contribution in [0, 0.1) is 22.7 Å². The first-order chi connectivity index (χ1) is 12.0. The maximum atomic E-state index is 12.8. The van der Waals surface area contributed by atoms with Gasteiger partial charge in [-0.1, -0.05) is 13.0 Å². The first kappa shape index (κ1) is 15.2. The quantitative estimate of drug-likeness (QED) is 0.730. The molecule has 1 aromatic rings. The summed E-state index contributed by atoms with van der Waals surface area (Å²) in [5, 5.41) is 0. The number of ether oxygens (including phenoxy) is 2.